The third kappa shape index (κ3) is 5.52. The summed E-state index contributed by atoms with van der Waals surface area (Å²) in [4.78, 5) is 17.4. The van der Waals surface area contributed by atoms with Gasteiger partial charge in [0, 0.05) is 25.6 Å². The third-order valence-corrected chi connectivity index (χ3v) is 8.54. The van der Waals surface area contributed by atoms with Crippen molar-refractivity contribution in [3.63, 3.8) is 0 Å². The van der Waals surface area contributed by atoms with Gasteiger partial charge >= 0.3 is 0 Å². The highest BCUT2D eigenvalue weighted by molar-refractivity contribution is 7.92. The van der Waals surface area contributed by atoms with Gasteiger partial charge in [0.1, 0.15) is 11.8 Å². The molecule has 4 rings (SSSR count). The summed E-state index contributed by atoms with van der Waals surface area (Å²) < 4.78 is 40.7. The summed E-state index contributed by atoms with van der Waals surface area (Å²) >= 11 is 0. The molecule has 1 fully saturated rings. The van der Waals surface area contributed by atoms with Gasteiger partial charge < -0.3 is 24.2 Å². The number of carbonyl (C=O) groups excluding carboxylic acids is 1. The summed E-state index contributed by atoms with van der Waals surface area (Å²) in [5.41, 5.74) is 0.657. The lowest BCUT2D eigenvalue weighted by molar-refractivity contribution is 0.0346. The summed E-state index contributed by atoms with van der Waals surface area (Å²) in [5, 5.41) is 13.6. The van der Waals surface area contributed by atoms with Crippen molar-refractivity contribution in [3.05, 3.63) is 35.2 Å². The Morgan fingerprint density at radius 2 is 2.00 bits per heavy atom. The van der Waals surface area contributed by atoms with Crippen LogP contribution in [0, 0.1) is 25.7 Å². The number of aryl methyl sites for hydroxylation is 2. The number of aromatic nitrogens is 1. The van der Waals surface area contributed by atoms with Crippen molar-refractivity contribution in [1.29, 1.82) is 0 Å². The maximum absolute atomic E-state index is 13.6. The molecule has 10 nitrogen and oxygen atoms in total. The molecule has 1 aliphatic heterocycles. The summed E-state index contributed by atoms with van der Waals surface area (Å²) in [7, 11) is -2.01. The largest absolute Gasteiger partial charge is 0.486 e. The summed E-state index contributed by atoms with van der Waals surface area (Å²) in [6.45, 7) is 8.73. The van der Waals surface area contributed by atoms with E-state index < -0.39 is 16.1 Å². The number of carbonyl (C=O) groups is 1. The van der Waals surface area contributed by atoms with Crippen LogP contribution in [0.3, 0.4) is 0 Å². The van der Waals surface area contributed by atoms with Gasteiger partial charge in [0.05, 0.1) is 23.9 Å². The normalized spacial score (nSPS) is 21.5. The summed E-state index contributed by atoms with van der Waals surface area (Å²) in [5.74, 6) is 0.680. The Morgan fingerprint density at radius 1 is 1.28 bits per heavy atom. The van der Waals surface area contributed by atoms with Crippen molar-refractivity contribution in [1.82, 2.24) is 15.0 Å². The lowest BCUT2D eigenvalue weighted by atomic mass is 9.99. The highest BCUT2D eigenvalue weighted by Gasteiger charge is 2.36. The average molecular weight is 521 g/mol. The Balaban J connectivity index is 1.74. The Labute approximate surface area is 212 Å². The average Bonchev–Trinajstić information content (AvgIpc) is 3.56. The number of benzene rings is 1. The predicted molar refractivity (Wildman–Crippen MR) is 135 cm³/mol. The SMILES string of the molecule is Cc1noc(C)c1S(=O)(=O)Nc1cccc2c1O[C@@H](CN(C)CC1CC1)[C@@H](C)CN([C@@H](C)CO)C2=O. The fraction of sp³-hybridized carbons (Fsp3) is 0.600. The molecule has 1 aliphatic carbocycles. The number of hydrogen-bond donors (Lipinski definition) is 2. The molecule has 198 valence electrons. The van der Waals surface area contributed by atoms with Gasteiger partial charge in [0.25, 0.3) is 15.9 Å². The molecule has 0 radical (unpaired) electrons. The molecule has 0 bridgehead atoms. The number of amides is 1. The maximum Gasteiger partial charge on any atom is 0.267 e. The zero-order valence-corrected chi connectivity index (χ0v) is 22.3. The smallest absolute Gasteiger partial charge is 0.267 e. The van der Waals surface area contributed by atoms with Gasteiger partial charge in [-0.05, 0) is 58.7 Å². The second-order valence-electron chi connectivity index (χ2n) is 10.2. The molecule has 0 spiro atoms. The van der Waals surface area contributed by atoms with E-state index in [1.807, 2.05) is 6.92 Å². The second-order valence-corrected chi connectivity index (χ2v) is 11.8. The standard InChI is InChI=1S/C25H36N4O6S/c1-15-11-29(16(2)14-30)25(31)20-7-6-8-21(27-36(32,33)24-17(3)26-35-18(24)4)23(20)34-22(15)13-28(5)12-19-9-10-19/h6-8,15-16,19,22,27,30H,9-14H2,1-5H3/t15-,16-,22-/m0/s1. The van der Waals surface area contributed by atoms with Gasteiger partial charge in [0.15, 0.2) is 16.4 Å². The van der Waals surface area contributed by atoms with Crippen molar-refractivity contribution >= 4 is 21.6 Å². The first kappa shape index (κ1) is 26.4. The number of ether oxygens (including phenoxy) is 1. The number of aliphatic hydroxyl groups is 1. The highest BCUT2D eigenvalue weighted by Crippen LogP contribution is 2.37. The minimum absolute atomic E-state index is 0.0399. The van der Waals surface area contributed by atoms with Crippen LogP contribution in [0.4, 0.5) is 5.69 Å². The molecule has 11 heteroatoms. The Bertz CT molecular complexity index is 1190. The van der Waals surface area contributed by atoms with Crippen LogP contribution >= 0.6 is 0 Å². The van der Waals surface area contributed by atoms with E-state index in [0.29, 0.717) is 19.0 Å². The monoisotopic (exact) mass is 520 g/mol. The maximum atomic E-state index is 13.6. The number of sulfonamides is 1. The molecule has 1 saturated carbocycles. The van der Waals surface area contributed by atoms with Crippen molar-refractivity contribution < 1.29 is 27.6 Å². The van der Waals surface area contributed by atoms with E-state index in [4.69, 9.17) is 9.26 Å². The summed E-state index contributed by atoms with van der Waals surface area (Å²) in [6.07, 6.45) is 2.16. The minimum atomic E-state index is -4.06. The fourth-order valence-corrected chi connectivity index (χ4v) is 6.11. The van der Waals surface area contributed by atoms with Crippen molar-refractivity contribution in [2.45, 2.75) is 57.6 Å². The van der Waals surface area contributed by atoms with Crippen LogP contribution in [-0.4, -0.2) is 79.8 Å². The van der Waals surface area contributed by atoms with E-state index in [2.05, 4.69) is 21.8 Å². The van der Waals surface area contributed by atoms with Crippen molar-refractivity contribution in [2.75, 3.05) is 38.0 Å². The molecular weight excluding hydrogens is 484 g/mol. The highest BCUT2D eigenvalue weighted by atomic mass is 32.2. The molecule has 2 aliphatic rings. The van der Waals surface area contributed by atoms with E-state index in [1.165, 1.54) is 19.8 Å². The Kier molecular flexibility index (Phi) is 7.63. The van der Waals surface area contributed by atoms with Crippen LogP contribution in [0.15, 0.2) is 27.6 Å². The zero-order chi connectivity index (χ0) is 26.2. The summed E-state index contributed by atoms with van der Waals surface area (Å²) in [6, 6.07) is 4.42. The van der Waals surface area contributed by atoms with Crippen LogP contribution in [0.5, 0.6) is 5.75 Å². The van der Waals surface area contributed by atoms with Crippen LogP contribution in [-0.2, 0) is 10.0 Å². The number of rotatable bonds is 9. The third-order valence-electron chi connectivity index (χ3n) is 6.93. The lowest BCUT2D eigenvalue weighted by Gasteiger charge is -2.38. The van der Waals surface area contributed by atoms with E-state index in [0.717, 1.165) is 6.54 Å². The van der Waals surface area contributed by atoms with Gasteiger partial charge in [-0.25, -0.2) is 8.42 Å². The van der Waals surface area contributed by atoms with Gasteiger partial charge in [-0.1, -0.05) is 18.1 Å². The molecule has 1 aromatic carbocycles. The van der Waals surface area contributed by atoms with Crippen LogP contribution in [0.2, 0.25) is 0 Å². The first-order valence-corrected chi connectivity index (χ1v) is 13.9. The topological polar surface area (TPSA) is 125 Å². The number of likely N-dealkylation sites (N-methyl/N-ethyl adjacent to an activating group) is 1. The fourth-order valence-electron chi connectivity index (χ4n) is 4.72. The number of hydrogen-bond acceptors (Lipinski definition) is 8. The van der Waals surface area contributed by atoms with E-state index >= 15 is 0 Å². The Hall–Kier alpha value is -2.63. The number of nitrogens with one attached hydrogen (secondary N) is 1. The van der Waals surface area contributed by atoms with Crippen LogP contribution < -0.4 is 9.46 Å². The molecule has 36 heavy (non-hydrogen) atoms. The van der Waals surface area contributed by atoms with Gasteiger partial charge in [0.2, 0.25) is 0 Å². The zero-order valence-electron chi connectivity index (χ0n) is 21.5. The molecule has 3 atom stereocenters. The first-order chi connectivity index (χ1) is 17.0. The molecule has 0 unspecified atom stereocenters. The molecule has 0 saturated heterocycles. The molecular formula is C25H36N4O6S. The minimum Gasteiger partial charge on any atom is -0.486 e. The second kappa shape index (κ2) is 10.4. The predicted octanol–water partition coefficient (Wildman–Crippen LogP) is 2.65. The molecule has 2 aromatic rings. The van der Waals surface area contributed by atoms with Gasteiger partial charge in [-0.2, -0.15) is 0 Å². The molecule has 2 N–H and O–H groups in total. The van der Waals surface area contributed by atoms with Crippen molar-refractivity contribution in [2.24, 2.45) is 11.8 Å². The number of fused-ring (bicyclic) bond motifs is 1. The van der Waals surface area contributed by atoms with Crippen molar-refractivity contribution in [3.8, 4) is 5.75 Å². The number of nitrogens with zero attached hydrogens (tertiary/aromatic N) is 3. The number of para-hydroxylation sites is 1. The van der Waals surface area contributed by atoms with E-state index in [1.54, 1.807) is 36.9 Å². The number of anilines is 1. The molecule has 1 amide bonds. The lowest BCUT2D eigenvalue weighted by Crippen LogP contribution is -2.50. The van der Waals surface area contributed by atoms with E-state index in [9.17, 15) is 18.3 Å². The first-order valence-electron chi connectivity index (χ1n) is 12.4. The Morgan fingerprint density at radius 3 is 2.61 bits per heavy atom. The van der Waals surface area contributed by atoms with Crippen LogP contribution in [0.25, 0.3) is 0 Å². The van der Waals surface area contributed by atoms with E-state index in [-0.39, 0.29) is 57.9 Å². The van der Waals surface area contributed by atoms with Gasteiger partial charge in [-0.3, -0.25) is 9.52 Å². The van der Waals surface area contributed by atoms with Gasteiger partial charge in [-0.15, -0.1) is 0 Å². The number of aliphatic hydroxyl groups excluding tert-OH is 1. The van der Waals surface area contributed by atoms with Crippen LogP contribution in [0.1, 0.15) is 48.5 Å². The molecule has 2 heterocycles. The molecule has 1 aromatic heterocycles. The quantitative estimate of drug-likeness (QED) is 0.517.